The molecule has 0 spiro atoms. The van der Waals surface area contributed by atoms with Crippen LogP contribution in [0.1, 0.15) is 36.6 Å². The zero-order valence-electron chi connectivity index (χ0n) is 25.5. The topological polar surface area (TPSA) is 219 Å². The lowest BCUT2D eigenvalue weighted by Crippen LogP contribution is -2.55. The molecule has 2 aromatic heterocycles. The van der Waals surface area contributed by atoms with Crippen LogP contribution in [0.2, 0.25) is 0 Å². The molecule has 2 heterocycles. The van der Waals surface area contributed by atoms with Crippen LogP contribution >= 0.6 is 0 Å². The summed E-state index contributed by atoms with van der Waals surface area (Å²) in [6.07, 6.45) is 5.35. The van der Waals surface area contributed by atoms with E-state index in [1.807, 2.05) is 48.5 Å². The number of hydrogen-bond donors (Lipinski definition) is 7. The van der Waals surface area contributed by atoms with Gasteiger partial charge in [0.25, 0.3) is 0 Å². The maximum atomic E-state index is 13.6. The number of imidazole rings is 1. The van der Waals surface area contributed by atoms with E-state index in [1.165, 1.54) is 12.7 Å². The van der Waals surface area contributed by atoms with Gasteiger partial charge in [-0.05, 0) is 36.5 Å². The number of hydrogen-bond acceptors (Lipinski definition) is 7. The van der Waals surface area contributed by atoms with Crippen molar-refractivity contribution >= 4 is 34.6 Å². The molecule has 4 rings (SSSR count). The molecule has 0 aliphatic heterocycles. The van der Waals surface area contributed by atoms with E-state index < -0.39 is 35.9 Å². The van der Waals surface area contributed by atoms with Gasteiger partial charge in [-0.1, -0.05) is 49.4 Å². The number of aliphatic imine (C=N–C) groups is 1. The van der Waals surface area contributed by atoms with Crippen molar-refractivity contribution in [2.45, 2.75) is 57.2 Å². The predicted molar refractivity (Wildman–Crippen MR) is 173 cm³/mol. The summed E-state index contributed by atoms with van der Waals surface area (Å²) >= 11 is 0. The zero-order chi connectivity index (χ0) is 32.3. The van der Waals surface area contributed by atoms with Crippen LogP contribution in [0.25, 0.3) is 22.3 Å². The Bertz CT molecular complexity index is 1620. The summed E-state index contributed by atoms with van der Waals surface area (Å²) in [6.45, 7) is 2.37. The number of nitrogens with two attached hydrogens (primary N) is 3. The third-order valence-electron chi connectivity index (χ3n) is 7.52. The average Bonchev–Trinajstić information content (AvgIpc) is 3.68. The lowest BCUT2D eigenvalue weighted by atomic mass is 10.0. The van der Waals surface area contributed by atoms with Gasteiger partial charge in [-0.15, -0.1) is 0 Å². The second kappa shape index (κ2) is 15.5. The highest BCUT2D eigenvalue weighted by molar-refractivity contribution is 5.93. The number of guanidine groups is 1. The predicted octanol–water partition coefficient (Wildman–Crippen LogP) is 1.43. The van der Waals surface area contributed by atoms with Crippen molar-refractivity contribution in [1.29, 1.82) is 0 Å². The molecule has 238 valence electrons. The van der Waals surface area contributed by atoms with Crippen molar-refractivity contribution in [3.63, 3.8) is 0 Å². The number of methoxy groups -OCH3 is 1. The Labute approximate surface area is 261 Å². The van der Waals surface area contributed by atoms with E-state index in [2.05, 4.69) is 37.5 Å². The largest absolute Gasteiger partial charge is 0.467 e. The molecule has 0 aliphatic rings. The second-order valence-electron chi connectivity index (χ2n) is 10.8. The first kappa shape index (κ1) is 32.7. The molecule has 4 aromatic rings. The van der Waals surface area contributed by atoms with Gasteiger partial charge in [0.1, 0.15) is 17.9 Å². The van der Waals surface area contributed by atoms with Crippen LogP contribution in [-0.2, 0) is 38.4 Å². The summed E-state index contributed by atoms with van der Waals surface area (Å²) in [7, 11) is 1.24. The highest BCUT2D eigenvalue weighted by Crippen LogP contribution is 2.20. The fraction of sp³-hybridized carbons (Fsp3) is 0.344. The number of fused-ring (bicyclic) bond motifs is 1. The van der Waals surface area contributed by atoms with Gasteiger partial charge < -0.3 is 42.5 Å². The quantitative estimate of drug-likeness (QED) is 0.0448. The number of aromatic nitrogens is 3. The van der Waals surface area contributed by atoms with Crippen LogP contribution in [0.15, 0.2) is 65.9 Å². The molecule has 0 saturated carbocycles. The van der Waals surface area contributed by atoms with E-state index in [9.17, 15) is 14.4 Å². The Morgan fingerprint density at radius 2 is 1.73 bits per heavy atom. The molecule has 0 fully saturated rings. The third-order valence-corrected chi connectivity index (χ3v) is 7.52. The number of benzene rings is 2. The van der Waals surface area contributed by atoms with E-state index >= 15 is 0 Å². The van der Waals surface area contributed by atoms with Gasteiger partial charge >= 0.3 is 5.97 Å². The molecule has 0 unspecified atom stereocenters. The number of carbonyl (C=O) groups excluding carboxylic acids is 3. The molecular formula is C32H41N9O4. The molecule has 10 N–H and O–H groups in total. The smallest absolute Gasteiger partial charge is 0.328 e. The van der Waals surface area contributed by atoms with Gasteiger partial charge in [-0.25, -0.2) is 9.78 Å². The van der Waals surface area contributed by atoms with Crippen LogP contribution in [0.3, 0.4) is 0 Å². The van der Waals surface area contributed by atoms with Crippen molar-refractivity contribution in [1.82, 2.24) is 25.6 Å². The zero-order valence-corrected chi connectivity index (χ0v) is 25.5. The summed E-state index contributed by atoms with van der Waals surface area (Å²) in [5, 5.41) is 6.45. The van der Waals surface area contributed by atoms with Gasteiger partial charge in [0.2, 0.25) is 11.8 Å². The van der Waals surface area contributed by atoms with Crippen LogP contribution in [0, 0.1) is 0 Å². The van der Waals surface area contributed by atoms with E-state index in [0.717, 1.165) is 28.5 Å². The number of ether oxygens (including phenoxy) is 1. The fourth-order valence-electron chi connectivity index (χ4n) is 5.01. The SMILES string of the molecule is CCc1ccc(-c2ncc(C[C@H](N)C(=O)N[C@@H](Cc3c[nH]c4ccccc34)C(=O)N[C@@H](CCCN=C(N)N)C(=O)OC)[nH]2)cc1. The molecule has 13 heteroatoms. The minimum atomic E-state index is -1.04. The normalized spacial score (nSPS) is 13.0. The standard InChI is InChI=1S/C32H41N9O4/c1-3-19-10-12-20(13-11-19)28-38-18-22(39-28)16-24(33)29(42)41-27(15-21-17-37-25-8-5-4-7-23(21)25)30(43)40-26(31(44)45-2)9-6-14-36-32(34)35/h4-5,7-8,10-13,17-18,24,26-27,37H,3,6,9,14-16,33H2,1-2H3,(H,38,39)(H,40,43)(H,41,42)(H4,34,35,36)/t24-,26-,27-/m0/s1. The third kappa shape index (κ3) is 8.92. The van der Waals surface area contributed by atoms with E-state index in [0.29, 0.717) is 17.9 Å². The highest BCUT2D eigenvalue weighted by Gasteiger charge is 2.29. The van der Waals surface area contributed by atoms with Crippen molar-refractivity contribution in [2.75, 3.05) is 13.7 Å². The van der Waals surface area contributed by atoms with Crippen molar-refractivity contribution in [2.24, 2.45) is 22.2 Å². The number of amides is 2. The lowest BCUT2D eigenvalue weighted by molar-refractivity contribution is -0.145. The van der Waals surface area contributed by atoms with Crippen molar-refractivity contribution < 1.29 is 19.1 Å². The molecule has 0 radical (unpaired) electrons. The number of H-pyrrole nitrogens is 2. The summed E-state index contributed by atoms with van der Waals surface area (Å²) in [5.74, 6) is -1.10. The average molecular weight is 616 g/mol. The first-order valence-corrected chi connectivity index (χ1v) is 14.9. The van der Waals surface area contributed by atoms with Gasteiger partial charge in [0, 0.05) is 53.9 Å². The summed E-state index contributed by atoms with van der Waals surface area (Å²) in [4.78, 5) is 54.3. The summed E-state index contributed by atoms with van der Waals surface area (Å²) < 4.78 is 4.91. The number of aryl methyl sites for hydroxylation is 1. The first-order valence-electron chi connectivity index (χ1n) is 14.9. The number of nitrogens with one attached hydrogen (secondary N) is 4. The van der Waals surface area contributed by atoms with Crippen LogP contribution in [-0.4, -0.2) is 70.5 Å². The van der Waals surface area contributed by atoms with Crippen LogP contribution in [0.4, 0.5) is 0 Å². The number of nitrogens with zero attached hydrogens (tertiary/aromatic N) is 2. The van der Waals surface area contributed by atoms with Gasteiger partial charge in [-0.2, -0.15) is 0 Å². The number of rotatable bonds is 15. The maximum Gasteiger partial charge on any atom is 0.328 e. The minimum Gasteiger partial charge on any atom is -0.467 e. The Balaban J connectivity index is 1.48. The minimum absolute atomic E-state index is 0.0662. The molecule has 2 aromatic carbocycles. The molecule has 0 saturated heterocycles. The molecule has 13 nitrogen and oxygen atoms in total. The van der Waals surface area contributed by atoms with Gasteiger partial charge in [0.15, 0.2) is 5.96 Å². The fourth-order valence-corrected chi connectivity index (χ4v) is 5.01. The maximum absolute atomic E-state index is 13.6. The number of aromatic amines is 2. The Morgan fingerprint density at radius 1 is 1.00 bits per heavy atom. The first-order chi connectivity index (χ1) is 21.7. The second-order valence-corrected chi connectivity index (χ2v) is 10.8. The highest BCUT2D eigenvalue weighted by atomic mass is 16.5. The Hall–Kier alpha value is -5.17. The monoisotopic (exact) mass is 615 g/mol. The van der Waals surface area contributed by atoms with E-state index in [-0.39, 0.29) is 31.8 Å². The van der Waals surface area contributed by atoms with Crippen LogP contribution < -0.4 is 27.8 Å². The molecule has 45 heavy (non-hydrogen) atoms. The number of para-hydroxylation sites is 1. The van der Waals surface area contributed by atoms with Crippen molar-refractivity contribution in [3.8, 4) is 11.4 Å². The van der Waals surface area contributed by atoms with E-state index in [4.69, 9.17) is 21.9 Å². The van der Waals surface area contributed by atoms with Gasteiger partial charge in [-0.3, -0.25) is 14.6 Å². The lowest BCUT2D eigenvalue weighted by Gasteiger charge is -2.23. The molecule has 3 atom stereocenters. The Kier molecular flexibility index (Phi) is 11.3. The summed E-state index contributed by atoms with van der Waals surface area (Å²) in [5.41, 5.74) is 21.6. The molecule has 0 aliphatic carbocycles. The van der Waals surface area contributed by atoms with Crippen molar-refractivity contribution in [3.05, 3.63) is 77.7 Å². The van der Waals surface area contributed by atoms with Crippen LogP contribution in [0.5, 0.6) is 0 Å². The molecular weight excluding hydrogens is 574 g/mol. The van der Waals surface area contributed by atoms with E-state index in [1.54, 1.807) is 12.4 Å². The molecule has 0 bridgehead atoms. The summed E-state index contributed by atoms with van der Waals surface area (Å²) in [6, 6.07) is 12.7. The number of esters is 1. The number of carbonyl (C=O) groups is 3. The Morgan fingerprint density at radius 3 is 2.44 bits per heavy atom. The van der Waals surface area contributed by atoms with Gasteiger partial charge in [0.05, 0.1) is 13.2 Å². The molecule has 2 amide bonds.